The lowest BCUT2D eigenvalue weighted by Crippen LogP contribution is -2.52. The normalized spacial score (nSPS) is 18.4. The van der Waals surface area contributed by atoms with Gasteiger partial charge in [0.15, 0.2) is 5.78 Å². The predicted molar refractivity (Wildman–Crippen MR) is 117 cm³/mol. The number of rotatable bonds is 3. The van der Waals surface area contributed by atoms with Gasteiger partial charge in [-0.15, -0.1) is 0 Å². The molecule has 164 valence electrons. The highest BCUT2D eigenvalue weighted by molar-refractivity contribution is 7.89. The molecule has 4 rings (SSSR count). The van der Waals surface area contributed by atoms with Crippen molar-refractivity contribution in [3.8, 4) is 5.75 Å². The summed E-state index contributed by atoms with van der Waals surface area (Å²) in [5.41, 5.74) is 2.51. The Morgan fingerprint density at radius 2 is 1.71 bits per heavy atom. The molecular weight excluding hydrogens is 416 g/mol. The third-order valence-electron chi connectivity index (χ3n) is 6.22. The van der Waals surface area contributed by atoms with Gasteiger partial charge in [0, 0.05) is 38.5 Å². The second-order valence-electron chi connectivity index (χ2n) is 8.38. The number of nitrogens with zero attached hydrogens (tertiary/aromatic N) is 1. The zero-order valence-electron chi connectivity index (χ0n) is 17.9. The van der Waals surface area contributed by atoms with E-state index in [0.717, 1.165) is 11.1 Å². The summed E-state index contributed by atoms with van der Waals surface area (Å²) in [7, 11) is -3.67. The number of ether oxygens (including phenoxy) is 1. The predicted octanol–water partition coefficient (Wildman–Crippen LogP) is 3.45. The molecule has 2 aromatic rings. The maximum atomic E-state index is 13.1. The van der Waals surface area contributed by atoms with E-state index in [2.05, 4.69) is 5.32 Å². The van der Waals surface area contributed by atoms with Gasteiger partial charge in [-0.25, -0.2) is 8.42 Å². The molecule has 0 aliphatic carbocycles. The van der Waals surface area contributed by atoms with Crippen LogP contribution in [0.5, 0.6) is 5.75 Å². The topological polar surface area (TPSA) is 92.8 Å². The second kappa shape index (κ2) is 7.76. The zero-order valence-corrected chi connectivity index (χ0v) is 18.7. The van der Waals surface area contributed by atoms with Crippen LogP contribution in [0.3, 0.4) is 0 Å². The Hall–Kier alpha value is -2.71. The van der Waals surface area contributed by atoms with Crippen molar-refractivity contribution in [2.45, 2.75) is 50.5 Å². The lowest BCUT2D eigenvalue weighted by Gasteiger charge is -2.44. The molecular formula is C23H26N2O5S. The van der Waals surface area contributed by atoms with E-state index >= 15 is 0 Å². The van der Waals surface area contributed by atoms with Gasteiger partial charge in [0.25, 0.3) is 0 Å². The van der Waals surface area contributed by atoms with Gasteiger partial charge in [-0.2, -0.15) is 4.31 Å². The fourth-order valence-corrected chi connectivity index (χ4v) is 5.70. The van der Waals surface area contributed by atoms with Gasteiger partial charge in [-0.3, -0.25) is 9.59 Å². The molecule has 2 aliphatic heterocycles. The van der Waals surface area contributed by atoms with Crippen LogP contribution in [-0.4, -0.2) is 43.1 Å². The van der Waals surface area contributed by atoms with Gasteiger partial charge in [-0.05, 0) is 55.3 Å². The summed E-state index contributed by atoms with van der Waals surface area (Å²) < 4.78 is 34.0. The van der Waals surface area contributed by atoms with Gasteiger partial charge in [-0.1, -0.05) is 6.07 Å². The van der Waals surface area contributed by atoms with Crippen LogP contribution in [0.25, 0.3) is 0 Å². The number of benzene rings is 2. The molecule has 0 atom stereocenters. The Kier molecular flexibility index (Phi) is 5.39. The summed E-state index contributed by atoms with van der Waals surface area (Å²) in [5.74, 6) is 0.473. The average Bonchev–Trinajstić information content (AvgIpc) is 2.71. The number of sulfonamides is 1. The van der Waals surface area contributed by atoms with Gasteiger partial charge >= 0.3 is 0 Å². The number of carbonyl (C=O) groups excluding carboxylic acids is 2. The molecule has 0 saturated carbocycles. The van der Waals surface area contributed by atoms with E-state index < -0.39 is 15.6 Å². The number of anilines is 1. The average molecular weight is 443 g/mol. The van der Waals surface area contributed by atoms with Crippen molar-refractivity contribution in [3.63, 3.8) is 0 Å². The van der Waals surface area contributed by atoms with Crippen molar-refractivity contribution in [3.05, 3.63) is 53.1 Å². The lowest BCUT2D eigenvalue weighted by atomic mass is 9.82. The molecule has 1 fully saturated rings. The van der Waals surface area contributed by atoms with Gasteiger partial charge < -0.3 is 10.1 Å². The van der Waals surface area contributed by atoms with Crippen molar-refractivity contribution in [1.29, 1.82) is 0 Å². The van der Waals surface area contributed by atoms with Crippen LogP contribution in [0.4, 0.5) is 5.69 Å². The van der Waals surface area contributed by atoms with Crippen molar-refractivity contribution in [2.24, 2.45) is 0 Å². The number of hydrogen-bond acceptors (Lipinski definition) is 5. The molecule has 2 aromatic carbocycles. The number of piperidine rings is 1. The van der Waals surface area contributed by atoms with E-state index in [1.807, 2.05) is 26.0 Å². The summed E-state index contributed by atoms with van der Waals surface area (Å²) >= 11 is 0. The van der Waals surface area contributed by atoms with E-state index in [1.165, 1.54) is 23.4 Å². The SMILES string of the molecule is CC(=O)Nc1ccc(S(=O)(=O)N2CCC3(CC2)CC(=O)c2ccc(C)c(C)c2O3)cc1. The van der Waals surface area contributed by atoms with Crippen LogP contribution in [-0.2, 0) is 14.8 Å². The second-order valence-corrected chi connectivity index (χ2v) is 10.3. The number of ketones is 1. The van der Waals surface area contributed by atoms with Crippen molar-refractivity contribution >= 4 is 27.4 Å². The standard InChI is InChI=1S/C23H26N2O5S/c1-15-4-9-20-21(27)14-23(30-22(20)16(15)2)10-12-25(13-11-23)31(28,29)19-7-5-18(6-8-19)24-17(3)26/h4-9H,10-14H2,1-3H3,(H,24,26). The lowest BCUT2D eigenvalue weighted by molar-refractivity contribution is -0.114. The van der Waals surface area contributed by atoms with Crippen LogP contribution in [0.2, 0.25) is 0 Å². The summed E-state index contributed by atoms with van der Waals surface area (Å²) in [4.78, 5) is 24.1. The first kappa shape index (κ1) is 21.5. The van der Waals surface area contributed by atoms with Crippen molar-refractivity contribution in [2.75, 3.05) is 18.4 Å². The molecule has 1 spiro atoms. The highest BCUT2D eigenvalue weighted by Gasteiger charge is 2.45. The number of carbonyl (C=O) groups is 2. The molecule has 2 heterocycles. The molecule has 8 heteroatoms. The van der Waals surface area contributed by atoms with E-state index in [-0.39, 0.29) is 36.1 Å². The molecule has 0 aromatic heterocycles. The Balaban J connectivity index is 1.51. The van der Waals surface area contributed by atoms with Crippen LogP contribution in [0, 0.1) is 13.8 Å². The Labute approximate surface area is 182 Å². The Morgan fingerprint density at radius 3 is 2.32 bits per heavy atom. The van der Waals surface area contributed by atoms with E-state index in [4.69, 9.17) is 4.74 Å². The first-order chi connectivity index (χ1) is 14.6. The number of fused-ring (bicyclic) bond motifs is 1. The number of amides is 1. The molecule has 1 N–H and O–H groups in total. The number of aryl methyl sites for hydroxylation is 1. The zero-order chi connectivity index (χ0) is 22.4. The summed E-state index contributed by atoms with van der Waals surface area (Å²) in [6, 6.07) is 9.88. The first-order valence-electron chi connectivity index (χ1n) is 10.3. The van der Waals surface area contributed by atoms with Gasteiger partial charge in [0.2, 0.25) is 15.9 Å². The third kappa shape index (κ3) is 3.97. The fraction of sp³-hybridized carbons (Fsp3) is 0.391. The minimum atomic E-state index is -3.67. The summed E-state index contributed by atoms with van der Waals surface area (Å²) in [6.45, 7) is 5.89. The van der Waals surface area contributed by atoms with Crippen molar-refractivity contribution in [1.82, 2.24) is 4.31 Å². The van der Waals surface area contributed by atoms with Crippen molar-refractivity contribution < 1.29 is 22.7 Å². The van der Waals surface area contributed by atoms with Crippen LogP contribution in [0.1, 0.15) is 47.7 Å². The number of Topliss-reactive ketones (excluding diaryl/α,β-unsaturated/α-hetero) is 1. The minimum Gasteiger partial charge on any atom is -0.486 e. The number of nitrogens with one attached hydrogen (secondary N) is 1. The van der Waals surface area contributed by atoms with Crippen LogP contribution >= 0.6 is 0 Å². The third-order valence-corrected chi connectivity index (χ3v) is 8.14. The quantitative estimate of drug-likeness (QED) is 0.786. The minimum absolute atomic E-state index is 0.0502. The van der Waals surface area contributed by atoms with Crippen LogP contribution < -0.4 is 10.1 Å². The maximum Gasteiger partial charge on any atom is 0.243 e. The molecule has 0 bridgehead atoms. The largest absolute Gasteiger partial charge is 0.486 e. The Morgan fingerprint density at radius 1 is 1.06 bits per heavy atom. The molecule has 0 unspecified atom stereocenters. The van der Waals surface area contributed by atoms with Gasteiger partial charge in [0.1, 0.15) is 11.4 Å². The monoisotopic (exact) mass is 442 g/mol. The number of hydrogen-bond donors (Lipinski definition) is 1. The molecule has 1 amide bonds. The summed E-state index contributed by atoms with van der Waals surface area (Å²) in [6.07, 6.45) is 1.17. The van der Waals surface area contributed by atoms with E-state index in [0.29, 0.717) is 29.8 Å². The smallest absolute Gasteiger partial charge is 0.243 e. The molecule has 31 heavy (non-hydrogen) atoms. The van der Waals surface area contributed by atoms with Gasteiger partial charge in [0.05, 0.1) is 16.9 Å². The molecule has 1 saturated heterocycles. The van der Waals surface area contributed by atoms with E-state index in [9.17, 15) is 18.0 Å². The summed E-state index contributed by atoms with van der Waals surface area (Å²) in [5, 5.41) is 2.63. The van der Waals surface area contributed by atoms with E-state index in [1.54, 1.807) is 12.1 Å². The Bertz CT molecular complexity index is 1150. The molecule has 0 radical (unpaired) electrons. The maximum absolute atomic E-state index is 13.1. The fourth-order valence-electron chi connectivity index (χ4n) is 4.26. The highest BCUT2D eigenvalue weighted by Crippen LogP contribution is 2.42. The first-order valence-corrected chi connectivity index (χ1v) is 11.8. The molecule has 2 aliphatic rings. The van der Waals surface area contributed by atoms with Crippen LogP contribution in [0.15, 0.2) is 41.3 Å². The highest BCUT2D eigenvalue weighted by atomic mass is 32.2. The molecule has 7 nitrogen and oxygen atoms in total.